The maximum atomic E-state index is 13.5. The number of amides is 1. The summed E-state index contributed by atoms with van der Waals surface area (Å²) >= 11 is 0. The second-order valence-corrected chi connectivity index (χ2v) is 4.28. The van der Waals surface area contributed by atoms with Crippen molar-refractivity contribution in [3.05, 3.63) is 29.6 Å². The fourth-order valence-electron chi connectivity index (χ4n) is 1.71. The van der Waals surface area contributed by atoms with Crippen molar-refractivity contribution in [1.29, 1.82) is 0 Å². The lowest BCUT2D eigenvalue weighted by molar-refractivity contribution is -0.117. The molecule has 1 aromatic carbocycles. The van der Waals surface area contributed by atoms with Crippen LogP contribution in [0.15, 0.2) is 18.2 Å². The third kappa shape index (κ3) is 2.84. The van der Waals surface area contributed by atoms with Crippen LogP contribution in [0.3, 0.4) is 0 Å². The quantitative estimate of drug-likeness (QED) is 0.749. The predicted molar refractivity (Wildman–Crippen MR) is 63.0 cm³/mol. The molecule has 1 aromatic rings. The molecule has 1 heterocycles. The normalized spacial score (nSPS) is 14.9. The highest BCUT2D eigenvalue weighted by Crippen LogP contribution is 2.17. The van der Waals surface area contributed by atoms with E-state index in [1.54, 1.807) is 0 Å². The first kappa shape index (κ1) is 12.5. The van der Waals surface area contributed by atoms with Gasteiger partial charge >= 0.3 is 5.97 Å². The Labute approximate surface area is 103 Å². The van der Waals surface area contributed by atoms with Gasteiger partial charge in [0.15, 0.2) is 0 Å². The number of carboxylic acids is 1. The van der Waals surface area contributed by atoms with Gasteiger partial charge in [-0.3, -0.25) is 4.79 Å². The number of carbonyl (C=O) groups is 2. The summed E-state index contributed by atoms with van der Waals surface area (Å²) in [5, 5.41) is 14.2. The van der Waals surface area contributed by atoms with E-state index in [0.717, 1.165) is 19.2 Å². The van der Waals surface area contributed by atoms with Gasteiger partial charge in [-0.2, -0.15) is 0 Å². The molecule has 1 saturated heterocycles. The summed E-state index contributed by atoms with van der Waals surface area (Å²) in [7, 11) is 0. The first-order chi connectivity index (χ1) is 8.56. The molecule has 5 nitrogen and oxygen atoms in total. The highest BCUT2D eigenvalue weighted by atomic mass is 19.1. The van der Waals surface area contributed by atoms with Crippen molar-refractivity contribution >= 4 is 17.6 Å². The number of anilines is 1. The number of carbonyl (C=O) groups excluding carboxylic acids is 1. The third-order valence-corrected chi connectivity index (χ3v) is 2.83. The number of halogens is 1. The van der Waals surface area contributed by atoms with Crippen LogP contribution in [0.4, 0.5) is 10.1 Å². The van der Waals surface area contributed by atoms with Crippen LogP contribution >= 0.6 is 0 Å². The second-order valence-electron chi connectivity index (χ2n) is 4.28. The van der Waals surface area contributed by atoms with Crippen LogP contribution in [0, 0.1) is 11.7 Å². The van der Waals surface area contributed by atoms with Crippen molar-refractivity contribution in [1.82, 2.24) is 5.32 Å². The van der Waals surface area contributed by atoms with Gasteiger partial charge in [0.1, 0.15) is 5.82 Å². The van der Waals surface area contributed by atoms with E-state index >= 15 is 0 Å². The van der Waals surface area contributed by atoms with Gasteiger partial charge in [0.25, 0.3) is 0 Å². The van der Waals surface area contributed by atoms with Gasteiger partial charge in [0, 0.05) is 6.42 Å². The van der Waals surface area contributed by atoms with Crippen molar-refractivity contribution in [3.63, 3.8) is 0 Å². The van der Waals surface area contributed by atoms with Crippen LogP contribution in [-0.4, -0.2) is 30.1 Å². The van der Waals surface area contributed by atoms with Crippen molar-refractivity contribution in [2.24, 2.45) is 5.92 Å². The molecule has 0 spiro atoms. The van der Waals surface area contributed by atoms with E-state index in [9.17, 15) is 14.0 Å². The number of carboxylic acid groups (broad SMARTS) is 1. The molecule has 0 radical (unpaired) electrons. The summed E-state index contributed by atoms with van der Waals surface area (Å²) in [5.74, 6) is -1.91. The average Bonchev–Trinajstić information content (AvgIpc) is 2.26. The molecule has 3 N–H and O–H groups in total. The minimum atomic E-state index is -1.20. The summed E-state index contributed by atoms with van der Waals surface area (Å²) in [6, 6.07) is 3.41. The standard InChI is InChI=1S/C12H13FN2O3/c13-9-4-8(12(17)18)1-2-10(9)15-11(16)3-7-5-14-6-7/h1-2,4,7,14H,3,5-6H2,(H,15,16)(H,17,18). The van der Waals surface area contributed by atoms with Gasteiger partial charge in [0.2, 0.25) is 5.91 Å². The highest BCUT2D eigenvalue weighted by molar-refractivity contribution is 5.92. The smallest absolute Gasteiger partial charge is 0.335 e. The summed E-state index contributed by atoms with van der Waals surface area (Å²) < 4.78 is 13.5. The number of hydrogen-bond acceptors (Lipinski definition) is 3. The largest absolute Gasteiger partial charge is 0.478 e. The van der Waals surface area contributed by atoms with Gasteiger partial charge < -0.3 is 15.7 Å². The summed E-state index contributed by atoms with van der Waals surface area (Å²) in [5.41, 5.74) is -0.133. The molecule has 1 aliphatic rings. The second kappa shape index (κ2) is 5.14. The first-order valence-corrected chi connectivity index (χ1v) is 5.59. The molecule has 0 bridgehead atoms. The van der Waals surface area contributed by atoms with E-state index in [-0.39, 0.29) is 17.2 Å². The van der Waals surface area contributed by atoms with Crippen molar-refractivity contribution in [2.75, 3.05) is 18.4 Å². The molecular formula is C12H13FN2O3. The molecule has 6 heteroatoms. The highest BCUT2D eigenvalue weighted by Gasteiger charge is 2.20. The molecule has 0 aromatic heterocycles. The van der Waals surface area contributed by atoms with Crippen LogP contribution in [-0.2, 0) is 4.79 Å². The molecule has 1 aliphatic heterocycles. The first-order valence-electron chi connectivity index (χ1n) is 5.59. The summed E-state index contributed by atoms with van der Waals surface area (Å²) in [4.78, 5) is 22.2. The Morgan fingerprint density at radius 3 is 2.67 bits per heavy atom. The number of benzene rings is 1. The van der Waals surface area contributed by atoms with E-state index in [1.807, 2.05) is 0 Å². The topological polar surface area (TPSA) is 78.4 Å². The third-order valence-electron chi connectivity index (χ3n) is 2.83. The molecule has 18 heavy (non-hydrogen) atoms. The molecule has 0 saturated carbocycles. The lowest BCUT2D eigenvalue weighted by Gasteiger charge is -2.26. The van der Waals surface area contributed by atoms with Crippen LogP contribution in [0.2, 0.25) is 0 Å². The fourth-order valence-corrected chi connectivity index (χ4v) is 1.71. The minimum absolute atomic E-state index is 0.0114. The minimum Gasteiger partial charge on any atom is -0.478 e. The number of hydrogen-bond donors (Lipinski definition) is 3. The van der Waals surface area contributed by atoms with E-state index in [1.165, 1.54) is 12.1 Å². The van der Waals surface area contributed by atoms with Crippen LogP contribution < -0.4 is 10.6 Å². The van der Waals surface area contributed by atoms with Gasteiger partial charge in [0.05, 0.1) is 11.3 Å². The zero-order valence-corrected chi connectivity index (χ0v) is 9.57. The predicted octanol–water partition coefficient (Wildman–Crippen LogP) is 1.07. The Kier molecular flexibility index (Phi) is 3.57. The summed E-state index contributed by atoms with van der Waals surface area (Å²) in [6.45, 7) is 1.60. The summed E-state index contributed by atoms with van der Waals surface area (Å²) in [6.07, 6.45) is 0.340. The number of rotatable bonds is 4. The van der Waals surface area contributed by atoms with Gasteiger partial charge in [-0.15, -0.1) is 0 Å². The number of nitrogens with one attached hydrogen (secondary N) is 2. The lowest BCUT2D eigenvalue weighted by Crippen LogP contribution is -2.43. The van der Waals surface area contributed by atoms with E-state index < -0.39 is 11.8 Å². The Morgan fingerprint density at radius 2 is 2.17 bits per heavy atom. The monoisotopic (exact) mass is 252 g/mol. The molecule has 0 unspecified atom stereocenters. The van der Waals surface area contributed by atoms with Crippen LogP contribution in [0.1, 0.15) is 16.8 Å². The SMILES string of the molecule is O=C(CC1CNC1)Nc1ccc(C(=O)O)cc1F. The van der Waals surface area contributed by atoms with Crippen molar-refractivity contribution in [2.45, 2.75) is 6.42 Å². The van der Waals surface area contributed by atoms with E-state index in [0.29, 0.717) is 12.3 Å². The Morgan fingerprint density at radius 1 is 1.44 bits per heavy atom. The maximum absolute atomic E-state index is 13.5. The number of aromatic carboxylic acids is 1. The van der Waals surface area contributed by atoms with E-state index in [4.69, 9.17) is 5.11 Å². The molecule has 1 fully saturated rings. The molecule has 96 valence electrons. The zero-order chi connectivity index (χ0) is 13.1. The maximum Gasteiger partial charge on any atom is 0.335 e. The van der Waals surface area contributed by atoms with Gasteiger partial charge in [-0.25, -0.2) is 9.18 Å². The molecule has 1 amide bonds. The Bertz CT molecular complexity index is 486. The van der Waals surface area contributed by atoms with Gasteiger partial charge in [-0.1, -0.05) is 0 Å². The Hall–Kier alpha value is -1.95. The van der Waals surface area contributed by atoms with Gasteiger partial charge in [-0.05, 0) is 37.2 Å². The molecule has 0 atom stereocenters. The zero-order valence-electron chi connectivity index (χ0n) is 9.57. The molecule has 2 rings (SSSR count). The fraction of sp³-hybridized carbons (Fsp3) is 0.333. The molecular weight excluding hydrogens is 239 g/mol. The van der Waals surface area contributed by atoms with E-state index in [2.05, 4.69) is 10.6 Å². The Balaban J connectivity index is 2.00. The van der Waals surface area contributed by atoms with Crippen LogP contribution in [0.5, 0.6) is 0 Å². The molecule has 0 aliphatic carbocycles. The van der Waals surface area contributed by atoms with Crippen molar-refractivity contribution < 1.29 is 19.1 Å². The average molecular weight is 252 g/mol. The van der Waals surface area contributed by atoms with Crippen molar-refractivity contribution in [3.8, 4) is 0 Å². The lowest BCUT2D eigenvalue weighted by atomic mass is 9.99. The van der Waals surface area contributed by atoms with Crippen LogP contribution in [0.25, 0.3) is 0 Å².